The number of nitrogens with one attached hydrogen (secondary N) is 1. The molecule has 0 fully saturated rings. The van der Waals surface area contributed by atoms with Crippen molar-refractivity contribution in [1.29, 1.82) is 0 Å². The Morgan fingerprint density at radius 3 is 2.55 bits per heavy atom. The highest BCUT2D eigenvalue weighted by Gasteiger charge is 2.10. The van der Waals surface area contributed by atoms with Crippen molar-refractivity contribution in [3.8, 4) is 0 Å². The van der Waals surface area contributed by atoms with E-state index in [2.05, 4.69) is 5.32 Å². The average Bonchev–Trinajstić information content (AvgIpc) is 2.47. The Morgan fingerprint density at radius 1 is 1.20 bits per heavy atom. The predicted molar refractivity (Wildman–Crippen MR) is 82.9 cm³/mol. The molecule has 2 aromatic rings. The lowest BCUT2D eigenvalue weighted by molar-refractivity contribution is 0.258. The molecule has 2 aromatic carbocycles. The number of urea groups is 1. The molecule has 4 heteroatoms. The third-order valence-electron chi connectivity index (χ3n) is 3.14. The molecule has 104 valence electrons. The minimum atomic E-state index is -0.178. The van der Waals surface area contributed by atoms with Crippen molar-refractivity contribution in [2.24, 2.45) is 5.73 Å². The SMILES string of the molecule is Cc1ccc(N(C)C(=O)Nc2cccc(CN)c2)cc1. The minimum Gasteiger partial charge on any atom is -0.326 e. The molecule has 0 aliphatic heterocycles. The van der Waals surface area contributed by atoms with Crippen molar-refractivity contribution in [3.05, 3.63) is 59.7 Å². The zero-order valence-electron chi connectivity index (χ0n) is 11.8. The van der Waals surface area contributed by atoms with Gasteiger partial charge in [-0.3, -0.25) is 4.90 Å². The van der Waals surface area contributed by atoms with Gasteiger partial charge in [-0.05, 0) is 36.8 Å². The van der Waals surface area contributed by atoms with E-state index in [4.69, 9.17) is 5.73 Å². The van der Waals surface area contributed by atoms with Crippen LogP contribution in [0.2, 0.25) is 0 Å². The summed E-state index contributed by atoms with van der Waals surface area (Å²) in [4.78, 5) is 13.8. The molecule has 20 heavy (non-hydrogen) atoms. The van der Waals surface area contributed by atoms with Crippen LogP contribution in [0.4, 0.5) is 16.2 Å². The smallest absolute Gasteiger partial charge is 0.326 e. The first kappa shape index (κ1) is 14.1. The number of rotatable bonds is 3. The Morgan fingerprint density at radius 2 is 1.90 bits per heavy atom. The number of carbonyl (C=O) groups is 1. The largest absolute Gasteiger partial charge is 0.326 e. The standard InChI is InChI=1S/C16H19N3O/c1-12-6-8-15(9-7-12)19(2)16(20)18-14-5-3-4-13(10-14)11-17/h3-10H,11,17H2,1-2H3,(H,18,20). The molecular formula is C16H19N3O. The van der Waals surface area contributed by atoms with Gasteiger partial charge in [0.25, 0.3) is 0 Å². The topological polar surface area (TPSA) is 58.4 Å². The first-order chi connectivity index (χ1) is 9.60. The number of carbonyl (C=O) groups excluding carboxylic acids is 1. The number of anilines is 2. The highest BCUT2D eigenvalue weighted by atomic mass is 16.2. The van der Waals surface area contributed by atoms with Crippen LogP contribution in [-0.2, 0) is 6.54 Å². The number of nitrogens with zero attached hydrogens (tertiary/aromatic N) is 1. The number of hydrogen-bond acceptors (Lipinski definition) is 2. The van der Waals surface area contributed by atoms with Crippen LogP contribution in [0.1, 0.15) is 11.1 Å². The number of nitrogens with two attached hydrogens (primary N) is 1. The second-order valence-corrected chi connectivity index (χ2v) is 4.73. The molecule has 0 saturated carbocycles. The van der Waals surface area contributed by atoms with E-state index in [9.17, 15) is 4.79 Å². The molecule has 0 aliphatic carbocycles. The number of hydrogen-bond donors (Lipinski definition) is 2. The van der Waals surface area contributed by atoms with Crippen LogP contribution in [-0.4, -0.2) is 13.1 Å². The van der Waals surface area contributed by atoms with Crippen LogP contribution in [0.15, 0.2) is 48.5 Å². The van der Waals surface area contributed by atoms with Crippen molar-refractivity contribution in [2.45, 2.75) is 13.5 Å². The summed E-state index contributed by atoms with van der Waals surface area (Å²) in [5, 5.41) is 2.86. The first-order valence-corrected chi connectivity index (χ1v) is 6.50. The monoisotopic (exact) mass is 269 g/mol. The van der Waals surface area contributed by atoms with Gasteiger partial charge in [0.1, 0.15) is 0 Å². The molecule has 2 rings (SSSR count). The minimum absolute atomic E-state index is 0.178. The maximum absolute atomic E-state index is 12.2. The van der Waals surface area contributed by atoms with Gasteiger partial charge in [-0.1, -0.05) is 29.8 Å². The molecule has 0 unspecified atom stereocenters. The molecule has 0 bridgehead atoms. The van der Waals surface area contributed by atoms with Crippen molar-refractivity contribution < 1.29 is 4.79 Å². The van der Waals surface area contributed by atoms with Gasteiger partial charge in [0.15, 0.2) is 0 Å². The molecule has 4 nitrogen and oxygen atoms in total. The van der Waals surface area contributed by atoms with Crippen LogP contribution in [0.3, 0.4) is 0 Å². The van der Waals surface area contributed by atoms with Gasteiger partial charge in [0.2, 0.25) is 0 Å². The van der Waals surface area contributed by atoms with E-state index in [1.165, 1.54) is 5.56 Å². The van der Waals surface area contributed by atoms with E-state index in [1.807, 2.05) is 55.5 Å². The molecule has 3 N–H and O–H groups in total. The molecule has 0 saturated heterocycles. The van der Waals surface area contributed by atoms with E-state index in [0.717, 1.165) is 16.9 Å². The number of aryl methyl sites for hydroxylation is 1. The molecule has 0 atom stereocenters. The first-order valence-electron chi connectivity index (χ1n) is 6.50. The van der Waals surface area contributed by atoms with E-state index in [1.54, 1.807) is 11.9 Å². The second kappa shape index (κ2) is 6.21. The van der Waals surface area contributed by atoms with Crippen LogP contribution in [0.5, 0.6) is 0 Å². The molecule has 0 aliphatic rings. The predicted octanol–water partition coefficient (Wildman–Crippen LogP) is 3.12. The van der Waals surface area contributed by atoms with Gasteiger partial charge in [0, 0.05) is 25.0 Å². The van der Waals surface area contributed by atoms with Crippen LogP contribution in [0.25, 0.3) is 0 Å². The highest BCUT2D eigenvalue weighted by Crippen LogP contribution is 2.16. The van der Waals surface area contributed by atoms with Crippen LogP contribution < -0.4 is 16.0 Å². The van der Waals surface area contributed by atoms with Crippen LogP contribution in [0, 0.1) is 6.92 Å². The van der Waals surface area contributed by atoms with Crippen molar-refractivity contribution in [3.63, 3.8) is 0 Å². The van der Waals surface area contributed by atoms with E-state index < -0.39 is 0 Å². The summed E-state index contributed by atoms with van der Waals surface area (Å²) in [6.45, 7) is 2.47. The lowest BCUT2D eigenvalue weighted by atomic mass is 10.2. The fourth-order valence-electron chi connectivity index (χ4n) is 1.87. The molecule has 0 heterocycles. The zero-order valence-corrected chi connectivity index (χ0v) is 11.8. The van der Waals surface area contributed by atoms with Crippen molar-refractivity contribution >= 4 is 17.4 Å². The Kier molecular flexibility index (Phi) is 4.38. The number of amides is 2. The van der Waals surface area contributed by atoms with Crippen molar-refractivity contribution in [1.82, 2.24) is 0 Å². The van der Waals surface area contributed by atoms with Gasteiger partial charge in [-0.25, -0.2) is 4.79 Å². The third-order valence-corrected chi connectivity index (χ3v) is 3.14. The summed E-state index contributed by atoms with van der Waals surface area (Å²) in [5.41, 5.74) is 9.34. The Labute approximate surface area is 119 Å². The van der Waals surface area contributed by atoms with Gasteiger partial charge in [-0.2, -0.15) is 0 Å². The summed E-state index contributed by atoms with van der Waals surface area (Å²) >= 11 is 0. The van der Waals surface area contributed by atoms with Gasteiger partial charge >= 0.3 is 6.03 Å². The average molecular weight is 269 g/mol. The van der Waals surface area contributed by atoms with E-state index in [-0.39, 0.29) is 6.03 Å². The lowest BCUT2D eigenvalue weighted by Gasteiger charge is -2.18. The highest BCUT2D eigenvalue weighted by molar-refractivity contribution is 6.01. The van der Waals surface area contributed by atoms with E-state index >= 15 is 0 Å². The van der Waals surface area contributed by atoms with Crippen molar-refractivity contribution in [2.75, 3.05) is 17.3 Å². The normalized spacial score (nSPS) is 10.2. The van der Waals surface area contributed by atoms with Gasteiger partial charge < -0.3 is 11.1 Å². The lowest BCUT2D eigenvalue weighted by Crippen LogP contribution is -2.31. The molecule has 2 amide bonds. The second-order valence-electron chi connectivity index (χ2n) is 4.73. The Bertz CT molecular complexity index is 593. The fraction of sp³-hybridized carbons (Fsp3) is 0.188. The van der Waals surface area contributed by atoms with Gasteiger partial charge in [0.05, 0.1) is 0 Å². The quantitative estimate of drug-likeness (QED) is 0.899. The summed E-state index contributed by atoms with van der Waals surface area (Å²) in [7, 11) is 1.74. The molecular weight excluding hydrogens is 250 g/mol. The Balaban J connectivity index is 2.09. The van der Waals surface area contributed by atoms with Gasteiger partial charge in [-0.15, -0.1) is 0 Å². The van der Waals surface area contributed by atoms with Crippen LogP contribution >= 0.6 is 0 Å². The third kappa shape index (κ3) is 3.36. The summed E-state index contributed by atoms with van der Waals surface area (Å²) in [6, 6.07) is 15.2. The summed E-state index contributed by atoms with van der Waals surface area (Å²) < 4.78 is 0. The maximum atomic E-state index is 12.2. The van der Waals surface area contributed by atoms with E-state index in [0.29, 0.717) is 6.54 Å². The Hall–Kier alpha value is -2.33. The molecule has 0 spiro atoms. The zero-order chi connectivity index (χ0) is 14.5. The number of benzene rings is 2. The molecule has 0 aromatic heterocycles. The fourth-order valence-corrected chi connectivity index (χ4v) is 1.87. The summed E-state index contributed by atoms with van der Waals surface area (Å²) in [6.07, 6.45) is 0. The maximum Gasteiger partial charge on any atom is 0.326 e. The molecule has 0 radical (unpaired) electrons. The summed E-state index contributed by atoms with van der Waals surface area (Å²) in [5.74, 6) is 0.